The molecule has 5 nitrogen and oxygen atoms in total. The van der Waals surface area contributed by atoms with E-state index in [0.717, 1.165) is 25.3 Å². The molecule has 2 saturated heterocycles. The second-order valence-electron chi connectivity index (χ2n) is 7.38. The lowest BCUT2D eigenvalue weighted by atomic mass is 9.93. The fourth-order valence-electron chi connectivity index (χ4n) is 4.85. The average molecular weight is 293 g/mol. The molecule has 4 aliphatic rings. The SMILES string of the molecule is C1CCC(N2NCC3C(NC4CCCC4)NCNC32)CC1. The Morgan fingerprint density at radius 2 is 1.62 bits per heavy atom. The molecule has 4 fully saturated rings. The fraction of sp³-hybridized carbons (Fsp3) is 1.00. The molecule has 0 bridgehead atoms. The van der Waals surface area contributed by atoms with E-state index in [2.05, 4.69) is 26.4 Å². The van der Waals surface area contributed by atoms with Crippen LogP contribution in [-0.2, 0) is 0 Å². The lowest BCUT2D eigenvalue weighted by Crippen LogP contribution is -2.66. The lowest BCUT2D eigenvalue weighted by molar-refractivity contribution is 0.0400. The average Bonchev–Trinajstić information content (AvgIpc) is 3.18. The molecule has 4 rings (SSSR count). The zero-order valence-electron chi connectivity index (χ0n) is 13.1. The summed E-state index contributed by atoms with van der Waals surface area (Å²) in [5.74, 6) is 0.640. The summed E-state index contributed by atoms with van der Waals surface area (Å²) in [5.41, 5.74) is 3.71. The standard InChI is InChI=1S/C16H31N5/c1-2-8-13(9-3-1)21-16-14(10-19-21)15(17-11-18-16)20-12-6-4-5-7-12/h12-20H,1-11H2. The van der Waals surface area contributed by atoms with Crippen molar-refractivity contribution in [2.45, 2.75) is 82.2 Å². The molecule has 2 heterocycles. The smallest absolute Gasteiger partial charge is 0.0815 e. The van der Waals surface area contributed by atoms with Crippen LogP contribution in [0, 0.1) is 5.92 Å². The van der Waals surface area contributed by atoms with Crippen molar-refractivity contribution < 1.29 is 0 Å². The normalized spacial score (nSPS) is 39.7. The lowest BCUT2D eigenvalue weighted by Gasteiger charge is -2.42. The Kier molecular flexibility index (Phi) is 4.46. The number of hydrogen-bond donors (Lipinski definition) is 4. The van der Waals surface area contributed by atoms with Crippen LogP contribution < -0.4 is 21.4 Å². The summed E-state index contributed by atoms with van der Waals surface area (Å²) < 4.78 is 0. The van der Waals surface area contributed by atoms with Gasteiger partial charge in [-0.25, -0.2) is 5.01 Å². The maximum absolute atomic E-state index is 3.89. The zero-order valence-corrected chi connectivity index (χ0v) is 13.1. The number of rotatable bonds is 3. The number of hydrazine groups is 1. The second kappa shape index (κ2) is 6.50. The molecule has 0 spiro atoms. The number of hydrogen-bond acceptors (Lipinski definition) is 5. The van der Waals surface area contributed by atoms with E-state index in [1.165, 1.54) is 57.8 Å². The highest BCUT2D eigenvalue weighted by Crippen LogP contribution is 2.29. The zero-order chi connectivity index (χ0) is 14.1. The molecule has 0 amide bonds. The summed E-state index contributed by atoms with van der Waals surface area (Å²) in [7, 11) is 0. The molecular weight excluding hydrogens is 262 g/mol. The maximum Gasteiger partial charge on any atom is 0.0815 e. The molecule has 3 unspecified atom stereocenters. The summed E-state index contributed by atoms with van der Waals surface area (Å²) in [5, 5.41) is 13.8. The van der Waals surface area contributed by atoms with Crippen LogP contribution in [0.1, 0.15) is 57.8 Å². The molecule has 2 aliphatic heterocycles. The van der Waals surface area contributed by atoms with Gasteiger partial charge in [-0.15, -0.1) is 0 Å². The highest BCUT2D eigenvalue weighted by Gasteiger charge is 2.44. The molecule has 120 valence electrons. The van der Waals surface area contributed by atoms with Crippen molar-refractivity contribution in [3.05, 3.63) is 0 Å². The van der Waals surface area contributed by atoms with Gasteiger partial charge >= 0.3 is 0 Å². The summed E-state index contributed by atoms with van der Waals surface area (Å²) >= 11 is 0. The van der Waals surface area contributed by atoms with Crippen LogP contribution in [0.15, 0.2) is 0 Å². The molecule has 2 saturated carbocycles. The molecule has 0 aromatic carbocycles. The van der Waals surface area contributed by atoms with Gasteiger partial charge in [0.1, 0.15) is 0 Å². The third-order valence-electron chi connectivity index (χ3n) is 6.01. The highest BCUT2D eigenvalue weighted by molar-refractivity contribution is 4.97. The fourth-order valence-corrected chi connectivity index (χ4v) is 4.85. The molecule has 2 aliphatic carbocycles. The molecule has 0 aromatic heterocycles. The molecule has 4 N–H and O–H groups in total. The van der Waals surface area contributed by atoms with E-state index in [1.54, 1.807) is 0 Å². The summed E-state index contributed by atoms with van der Waals surface area (Å²) in [6.07, 6.45) is 13.5. The van der Waals surface area contributed by atoms with Crippen molar-refractivity contribution in [3.8, 4) is 0 Å². The Morgan fingerprint density at radius 3 is 2.43 bits per heavy atom. The largest absolute Gasteiger partial charge is 0.299 e. The second-order valence-corrected chi connectivity index (χ2v) is 7.38. The Bertz CT molecular complexity index is 338. The maximum atomic E-state index is 3.89. The minimum Gasteiger partial charge on any atom is -0.299 e. The first-order valence-corrected chi connectivity index (χ1v) is 9.16. The van der Waals surface area contributed by atoms with Crippen molar-refractivity contribution in [2.75, 3.05) is 13.2 Å². The molecule has 0 radical (unpaired) electrons. The van der Waals surface area contributed by atoms with E-state index in [4.69, 9.17) is 0 Å². The summed E-state index contributed by atoms with van der Waals surface area (Å²) in [6.45, 7) is 2.03. The number of nitrogens with one attached hydrogen (secondary N) is 4. The number of nitrogens with zero attached hydrogens (tertiary/aromatic N) is 1. The van der Waals surface area contributed by atoms with Gasteiger partial charge in [-0.05, 0) is 25.7 Å². The van der Waals surface area contributed by atoms with Crippen LogP contribution >= 0.6 is 0 Å². The van der Waals surface area contributed by atoms with Crippen LogP contribution in [0.2, 0.25) is 0 Å². The third kappa shape index (κ3) is 2.99. The van der Waals surface area contributed by atoms with Crippen LogP contribution in [0.5, 0.6) is 0 Å². The third-order valence-corrected chi connectivity index (χ3v) is 6.01. The molecule has 21 heavy (non-hydrogen) atoms. The number of fused-ring (bicyclic) bond motifs is 1. The Balaban J connectivity index is 1.39. The van der Waals surface area contributed by atoms with Crippen LogP contribution in [-0.4, -0.2) is 42.6 Å². The molecule has 5 heteroatoms. The minimum absolute atomic E-state index is 0.473. The summed E-state index contributed by atoms with van der Waals surface area (Å²) in [4.78, 5) is 0. The van der Waals surface area contributed by atoms with Gasteiger partial charge in [-0.2, -0.15) is 0 Å². The van der Waals surface area contributed by atoms with Crippen LogP contribution in [0.25, 0.3) is 0 Å². The van der Waals surface area contributed by atoms with Gasteiger partial charge in [-0.3, -0.25) is 21.4 Å². The van der Waals surface area contributed by atoms with E-state index in [0.29, 0.717) is 18.2 Å². The predicted octanol–water partition coefficient (Wildman–Crippen LogP) is 1.09. The topological polar surface area (TPSA) is 51.4 Å². The quantitative estimate of drug-likeness (QED) is 0.628. The van der Waals surface area contributed by atoms with Crippen LogP contribution in [0.3, 0.4) is 0 Å². The van der Waals surface area contributed by atoms with Gasteiger partial charge in [-0.1, -0.05) is 32.1 Å². The van der Waals surface area contributed by atoms with E-state index >= 15 is 0 Å². The van der Waals surface area contributed by atoms with Gasteiger partial charge in [0.25, 0.3) is 0 Å². The van der Waals surface area contributed by atoms with Crippen molar-refractivity contribution in [3.63, 3.8) is 0 Å². The Morgan fingerprint density at radius 1 is 0.857 bits per heavy atom. The van der Waals surface area contributed by atoms with Crippen molar-refractivity contribution in [2.24, 2.45) is 5.92 Å². The van der Waals surface area contributed by atoms with E-state index in [9.17, 15) is 0 Å². The van der Waals surface area contributed by atoms with Gasteiger partial charge in [0.05, 0.1) is 12.3 Å². The Hall–Kier alpha value is -0.200. The highest BCUT2D eigenvalue weighted by atomic mass is 15.6. The Labute approximate surface area is 128 Å². The first-order valence-electron chi connectivity index (χ1n) is 9.16. The van der Waals surface area contributed by atoms with E-state index in [1.807, 2.05) is 0 Å². The van der Waals surface area contributed by atoms with Crippen molar-refractivity contribution in [1.29, 1.82) is 0 Å². The first-order chi connectivity index (χ1) is 10.4. The van der Waals surface area contributed by atoms with Gasteiger partial charge in [0.2, 0.25) is 0 Å². The van der Waals surface area contributed by atoms with Gasteiger partial charge < -0.3 is 0 Å². The predicted molar refractivity (Wildman–Crippen MR) is 84.3 cm³/mol. The minimum atomic E-state index is 0.473. The molecule has 0 aromatic rings. The van der Waals surface area contributed by atoms with Crippen molar-refractivity contribution >= 4 is 0 Å². The van der Waals surface area contributed by atoms with Crippen LogP contribution in [0.4, 0.5) is 0 Å². The molecular formula is C16H31N5. The van der Waals surface area contributed by atoms with E-state index < -0.39 is 0 Å². The molecule has 3 atom stereocenters. The summed E-state index contributed by atoms with van der Waals surface area (Å²) in [6, 6.07) is 1.48. The monoisotopic (exact) mass is 293 g/mol. The van der Waals surface area contributed by atoms with E-state index in [-0.39, 0.29) is 0 Å². The first kappa shape index (κ1) is 14.4. The van der Waals surface area contributed by atoms with Crippen molar-refractivity contribution in [1.82, 2.24) is 26.4 Å². The van der Waals surface area contributed by atoms with Gasteiger partial charge in [0.15, 0.2) is 0 Å². The van der Waals surface area contributed by atoms with Gasteiger partial charge in [0, 0.05) is 31.2 Å².